The number of aromatic nitrogens is 1. The van der Waals surface area contributed by atoms with Gasteiger partial charge >= 0.3 is 0 Å². The lowest BCUT2D eigenvalue weighted by Crippen LogP contribution is -2.09. The van der Waals surface area contributed by atoms with Crippen LogP contribution in [0.4, 0.5) is 17.1 Å². The summed E-state index contributed by atoms with van der Waals surface area (Å²) in [5, 5.41) is 3.55. The Kier molecular flexibility index (Phi) is 8.97. The lowest BCUT2D eigenvalue weighted by molar-refractivity contribution is 0.670. The maximum atomic E-state index is 6.72. The van der Waals surface area contributed by atoms with Crippen molar-refractivity contribution in [2.45, 2.75) is 12.8 Å². The molecule has 0 spiro atoms. The van der Waals surface area contributed by atoms with Gasteiger partial charge in [0.15, 0.2) is 0 Å². The minimum absolute atomic E-state index is 0.892. The zero-order valence-corrected chi connectivity index (χ0v) is 34.7. The molecule has 11 aromatic rings. The average Bonchev–Trinajstić information content (AvgIpc) is 3.91. The summed E-state index contributed by atoms with van der Waals surface area (Å²) < 4.78 is 9.14. The van der Waals surface area contributed by atoms with E-state index in [1.54, 1.807) is 0 Å². The number of para-hydroxylation sites is 2. The highest BCUT2D eigenvalue weighted by molar-refractivity contribution is 6.11. The summed E-state index contributed by atoms with van der Waals surface area (Å²) in [5.41, 5.74) is 19.5. The minimum Gasteiger partial charge on any atom is -0.455 e. The first-order valence-corrected chi connectivity index (χ1v) is 21.8. The van der Waals surface area contributed by atoms with Gasteiger partial charge in [-0.15, -0.1) is 0 Å². The van der Waals surface area contributed by atoms with E-state index in [0.29, 0.717) is 0 Å². The number of anilines is 3. The summed E-state index contributed by atoms with van der Waals surface area (Å²) >= 11 is 0. The first kappa shape index (κ1) is 36.7. The summed E-state index contributed by atoms with van der Waals surface area (Å²) in [6.07, 6.45) is 6.69. The van der Waals surface area contributed by atoms with Crippen molar-refractivity contribution in [1.29, 1.82) is 0 Å². The van der Waals surface area contributed by atoms with Crippen molar-refractivity contribution < 1.29 is 4.42 Å². The molecule has 2 heterocycles. The highest BCUT2D eigenvalue weighted by Gasteiger charge is 2.21. The van der Waals surface area contributed by atoms with Crippen LogP contribution in [0.2, 0.25) is 0 Å². The molecule has 0 atom stereocenters. The van der Waals surface area contributed by atoms with Crippen LogP contribution < -0.4 is 4.90 Å². The van der Waals surface area contributed by atoms with Gasteiger partial charge in [0.05, 0.1) is 5.52 Å². The van der Waals surface area contributed by atoms with E-state index < -0.39 is 0 Å². The molecule has 0 fully saturated rings. The van der Waals surface area contributed by atoms with Gasteiger partial charge in [0.25, 0.3) is 0 Å². The minimum atomic E-state index is 0.892. The van der Waals surface area contributed by atoms with E-state index >= 15 is 0 Å². The van der Waals surface area contributed by atoms with Crippen LogP contribution >= 0.6 is 0 Å². The Morgan fingerprint density at radius 1 is 0.413 bits per heavy atom. The number of rotatable bonds is 8. The molecule has 0 saturated heterocycles. The van der Waals surface area contributed by atoms with Gasteiger partial charge in [-0.1, -0.05) is 146 Å². The Morgan fingerprint density at radius 2 is 0.937 bits per heavy atom. The van der Waals surface area contributed by atoms with Gasteiger partial charge < -0.3 is 13.9 Å². The quantitative estimate of drug-likeness (QED) is 0.153. The first-order chi connectivity index (χ1) is 31.2. The monoisotopic (exact) mass is 806 g/mol. The van der Waals surface area contributed by atoms with Crippen LogP contribution in [0, 0.1) is 0 Å². The third-order valence-electron chi connectivity index (χ3n) is 12.7. The molecule has 1 aliphatic rings. The van der Waals surface area contributed by atoms with E-state index in [2.05, 4.69) is 240 Å². The summed E-state index contributed by atoms with van der Waals surface area (Å²) in [6.45, 7) is 0. The van der Waals surface area contributed by atoms with Crippen molar-refractivity contribution in [3.8, 4) is 50.2 Å². The van der Waals surface area contributed by atoms with E-state index in [1.807, 2.05) is 0 Å². The number of aryl methyl sites for hydroxylation is 1. The topological polar surface area (TPSA) is 21.3 Å². The van der Waals surface area contributed by atoms with E-state index in [4.69, 9.17) is 4.42 Å². The Morgan fingerprint density at radius 3 is 1.57 bits per heavy atom. The van der Waals surface area contributed by atoms with Crippen LogP contribution in [0.3, 0.4) is 0 Å². The lowest BCUT2D eigenvalue weighted by atomic mass is 9.94. The molecule has 0 amide bonds. The molecule has 12 rings (SSSR count). The molecule has 0 unspecified atom stereocenters. The number of benzene rings is 9. The molecule has 3 nitrogen and oxygen atoms in total. The number of nitrogens with zero attached hydrogens (tertiary/aromatic N) is 2. The molecule has 63 heavy (non-hydrogen) atoms. The van der Waals surface area contributed by atoms with Crippen molar-refractivity contribution in [2.24, 2.45) is 0 Å². The molecule has 9 aromatic carbocycles. The number of allylic oxidation sites excluding steroid dienone is 1. The van der Waals surface area contributed by atoms with Crippen molar-refractivity contribution in [3.63, 3.8) is 0 Å². The van der Waals surface area contributed by atoms with Gasteiger partial charge in [-0.25, -0.2) is 0 Å². The van der Waals surface area contributed by atoms with Crippen molar-refractivity contribution in [2.75, 3.05) is 4.90 Å². The Hall–Kier alpha value is -8.14. The second kappa shape index (κ2) is 15.4. The van der Waals surface area contributed by atoms with E-state index in [9.17, 15) is 0 Å². The summed E-state index contributed by atoms with van der Waals surface area (Å²) in [4.78, 5) is 2.34. The van der Waals surface area contributed by atoms with Gasteiger partial charge in [-0.2, -0.15) is 0 Å². The van der Waals surface area contributed by atoms with E-state index in [0.717, 1.165) is 63.0 Å². The smallest absolute Gasteiger partial charge is 0.143 e. The average molecular weight is 807 g/mol. The van der Waals surface area contributed by atoms with Crippen molar-refractivity contribution in [1.82, 2.24) is 4.57 Å². The molecule has 0 saturated carbocycles. The number of hydrogen-bond acceptors (Lipinski definition) is 2. The standard InChI is InChI=1S/C60H42N2O/c1-4-14-41(15-5-1)43-24-31-49(32-25-43)61(50-33-26-44(27-34-50)42-16-6-2-7-17-42)51-35-28-45(29-36-51)54-39-47(40-56-53-21-11-13-23-59(53)63-60(54)56)46-30-37-58-55(38-46)52-20-10-12-22-57(52)62(58)48-18-8-3-9-19-48/h1-9,11-19,21-40H,10,20H2. The molecule has 298 valence electrons. The maximum Gasteiger partial charge on any atom is 0.143 e. The SMILES string of the molecule is C1=Cc2c(c3cc(-c4cc(-c5ccc(N(c6ccc(-c7ccccc7)cc6)c6ccc(-c7ccccc7)cc6)cc5)c5oc6ccccc6c5c4)ccc3n2-c2ccccc2)CC1. The fourth-order valence-corrected chi connectivity index (χ4v) is 9.58. The molecule has 0 bridgehead atoms. The molecule has 0 aliphatic heterocycles. The molecule has 3 heteroatoms. The fourth-order valence-electron chi connectivity index (χ4n) is 9.58. The zero-order chi connectivity index (χ0) is 41.7. The van der Waals surface area contributed by atoms with E-state index in [1.165, 1.54) is 61.2 Å². The third kappa shape index (κ3) is 6.54. The molecule has 0 N–H and O–H groups in total. The second-order valence-electron chi connectivity index (χ2n) is 16.4. The zero-order valence-electron chi connectivity index (χ0n) is 34.7. The maximum absolute atomic E-state index is 6.72. The van der Waals surface area contributed by atoms with Gasteiger partial charge in [0, 0.05) is 50.2 Å². The van der Waals surface area contributed by atoms with Crippen LogP contribution in [0.25, 0.3) is 89.1 Å². The van der Waals surface area contributed by atoms with Crippen LogP contribution in [0.15, 0.2) is 229 Å². The Labute approximate surface area is 367 Å². The summed E-state index contributed by atoms with van der Waals surface area (Å²) in [5.74, 6) is 0. The van der Waals surface area contributed by atoms with Crippen LogP contribution in [0.5, 0.6) is 0 Å². The predicted molar refractivity (Wildman–Crippen MR) is 264 cm³/mol. The van der Waals surface area contributed by atoms with Crippen LogP contribution in [-0.2, 0) is 6.42 Å². The molecule has 2 aromatic heterocycles. The Balaban J connectivity index is 0.974. The van der Waals surface area contributed by atoms with Gasteiger partial charge in [0.1, 0.15) is 11.2 Å². The summed E-state index contributed by atoms with van der Waals surface area (Å²) in [7, 11) is 0. The molecule has 1 aliphatic carbocycles. The Bertz CT molecular complexity index is 3370. The van der Waals surface area contributed by atoms with E-state index in [-0.39, 0.29) is 0 Å². The normalized spacial score (nSPS) is 12.3. The second-order valence-corrected chi connectivity index (χ2v) is 16.4. The largest absolute Gasteiger partial charge is 0.455 e. The van der Waals surface area contributed by atoms with Crippen LogP contribution in [-0.4, -0.2) is 4.57 Å². The van der Waals surface area contributed by atoms with Crippen molar-refractivity contribution in [3.05, 3.63) is 236 Å². The number of furan rings is 1. The van der Waals surface area contributed by atoms with Crippen molar-refractivity contribution >= 4 is 56.0 Å². The molecule has 0 radical (unpaired) electrons. The molecular formula is C60H42N2O. The fraction of sp³-hybridized carbons (Fsp3) is 0.0333. The lowest BCUT2D eigenvalue weighted by Gasteiger charge is -2.26. The van der Waals surface area contributed by atoms with Gasteiger partial charge in [-0.05, 0) is 142 Å². The predicted octanol–water partition coefficient (Wildman–Crippen LogP) is 16.6. The third-order valence-corrected chi connectivity index (χ3v) is 12.7. The number of fused-ring (bicyclic) bond motifs is 6. The number of hydrogen-bond donors (Lipinski definition) is 0. The molecular weight excluding hydrogens is 765 g/mol. The van der Waals surface area contributed by atoms with Gasteiger partial charge in [0.2, 0.25) is 0 Å². The van der Waals surface area contributed by atoms with Gasteiger partial charge in [-0.3, -0.25) is 0 Å². The first-order valence-electron chi connectivity index (χ1n) is 21.8. The van der Waals surface area contributed by atoms with Crippen LogP contribution in [0.1, 0.15) is 17.7 Å². The highest BCUT2D eigenvalue weighted by Crippen LogP contribution is 2.43. The summed E-state index contributed by atoms with van der Waals surface area (Å²) in [6, 6.07) is 78.6. The highest BCUT2D eigenvalue weighted by atomic mass is 16.3.